The Morgan fingerprint density at radius 3 is 2.43 bits per heavy atom. The molecule has 4 rings (SSSR count). The summed E-state index contributed by atoms with van der Waals surface area (Å²) in [5.74, 6) is 0.0243. The summed E-state index contributed by atoms with van der Waals surface area (Å²) >= 11 is 1.12. The summed E-state index contributed by atoms with van der Waals surface area (Å²) in [6.45, 7) is 3.45. The van der Waals surface area contributed by atoms with Gasteiger partial charge in [0.1, 0.15) is 10.8 Å². The summed E-state index contributed by atoms with van der Waals surface area (Å²) in [5, 5.41) is 20.3. The number of alkyl halides is 3. The van der Waals surface area contributed by atoms with Gasteiger partial charge >= 0.3 is 6.18 Å². The molecule has 0 aliphatic carbocycles. The van der Waals surface area contributed by atoms with Crippen molar-refractivity contribution in [3.05, 3.63) is 41.2 Å². The number of halogens is 3. The molecule has 30 heavy (non-hydrogen) atoms. The van der Waals surface area contributed by atoms with E-state index in [0.717, 1.165) is 21.8 Å². The summed E-state index contributed by atoms with van der Waals surface area (Å²) in [7, 11) is 3.33. The molecule has 1 aromatic carbocycles. The van der Waals surface area contributed by atoms with Crippen LogP contribution in [0.4, 0.5) is 13.2 Å². The normalized spacial score (nSPS) is 12.0. The second-order valence-electron chi connectivity index (χ2n) is 6.48. The van der Waals surface area contributed by atoms with Crippen LogP contribution in [-0.4, -0.2) is 41.7 Å². The molecule has 156 valence electrons. The summed E-state index contributed by atoms with van der Waals surface area (Å²) in [6, 6.07) is 7.36. The van der Waals surface area contributed by atoms with E-state index in [2.05, 4.69) is 25.5 Å². The summed E-state index contributed by atoms with van der Waals surface area (Å²) < 4.78 is 47.6. The third-order valence-corrected chi connectivity index (χ3v) is 5.79. The smallest absolute Gasteiger partial charge is 0.453 e. The zero-order chi connectivity index (χ0) is 21.6. The highest BCUT2D eigenvalue weighted by atomic mass is 32.2. The van der Waals surface area contributed by atoms with Gasteiger partial charge in [0.25, 0.3) is 5.82 Å². The Balaban J connectivity index is 1.79. The molecule has 0 N–H and O–H groups in total. The molecule has 3 heterocycles. The highest BCUT2D eigenvalue weighted by Gasteiger charge is 2.38. The van der Waals surface area contributed by atoms with Crippen molar-refractivity contribution in [2.45, 2.75) is 30.2 Å². The number of para-hydroxylation sites is 1. The van der Waals surface area contributed by atoms with Crippen molar-refractivity contribution >= 4 is 17.4 Å². The van der Waals surface area contributed by atoms with Crippen molar-refractivity contribution in [1.29, 1.82) is 0 Å². The highest BCUT2D eigenvalue weighted by Crippen LogP contribution is 2.35. The molecule has 0 saturated heterocycles. The predicted octanol–water partition coefficient (Wildman–Crippen LogP) is 3.72. The van der Waals surface area contributed by atoms with Crippen LogP contribution in [0.1, 0.15) is 17.0 Å². The molecule has 0 radical (unpaired) electrons. The van der Waals surface area contributed by atoms with E-state index in [9.17, 15) is 13.2 Å². The second kappa shape index (κ2) is 7.27. The van der Waals surface area contributed by atoms with E-state index >= 15 is 0 Å². The number of benzene rings is 1. The molecule has 12 heteroatoms. The molecule has 0 spiro atoms. The number of hydrogen-bond donors (Lipinski definition) is 0. The van der Waals surface area contributed by atoms with Gasteiger partial charge in [-0.15, -0.1) is 20.4 Å². The minimum atomic E-state index is -4.67. The first-order valence-corrected chi connectivity index (χ1v) is 9.54. The van der Waals surface area contributed by atoms with Crippen LogP contribution in [0.25, 0.3) is 17.0 Å². The Morgan fingerprint density at radius 1 is 1.00 bits per heavy atom. The Morgan fingerprint density at radius 2 is 1.73 bits per heavy atom. The average Bonchev–Trinajstić information content (AvgIpc) is 3.30. The van der Waals surface area contributed by atoms with Gasteiger partial charge in [-0.3, -0.25) is 0 Å². The first-order valence-electron chi connectivity index (χ1n) is 8.72. The zero-order valence-electron chi connectivity index (χ0n) is 16.4. The minimum Gasteiger partial charge on any atom is -0.496 e. The molecule has 0 atom stereocenters. The number of aromatic nitrogens is 7. The van der Waals surface area contributed by atoms with Gasteiger partial charge in [-0.05, 0) is 43.3 Å². The summed E-state index contributed by atoms with van der Waals surface area (Å²) in [4.78, 5) is 0. The van der Waals surface area contributed by atoms with E-state index in [1.165, 1.54) is 0 Å². The average molecular weight is 435 g/mol. The number of rotatable bonds is 4. The standard InChI is InChI=1S/C18H16F3N7OS/c1-9-10(2)15(26-28-13(9)22-24-16(28)18(19,20)21)30-17-25-23-14(27(17)3)11-7-5-6-8-12(11)29-4/h5-8H,1-4H3. The fraction of sp³-hybridized carbons (Fsp3) is 0.278. The van der Waals surface area contributed by atoms with Crippen molar-refractivity contribution in [2.75, 3.05) is 7.11 Å². The van der Waals surface area contributed by atoms with E-state index in [-0.39, 0.29) is 5.65 Å². The van der Waals surface area contributed by atoms with Gasteiger partial charge in [0, 0.05) is 12.6 Å². The van der Waals surface area contributed by atoms with E-state index in [4.69, 9.17) is 4.74 Å². The quantitative estimate of drug-likeness (QED) is 0.483. The largest absolute Gasteiger partial charge is 0.496 e. The van der Waals surface area contributed by atoms with Gasteiger partial charge in [0.15, 0.2) is 16.6 Å². The molecule has 0 bridgehead atoms. The summed E-state index contributed by atoms with van der Waals surface area (Å²) in [6.07, 6.45) is -4.67. The molecular weight excluding hydrogens is 419 g/mol. The Labute approximate surface area is 173 Å². The maximum absolute atomic E-state index is 13.3. The van der Waals surface area contributed by atoms with Gasteiger partial charge in [0.05, 0.1) is 12.7 Å². The van der Waals surface area contributed by atoms with Gasteiger partial charge in [-0.1, -0.05) is 12.1 Å². The van der Waals surface area contributed by atoms with Gasteiger partial charge in [-0.2, -0.15) is 22.8 Å². The molecule has 0 amide bonds. The van der Waals surface area contributed by atoms with Crippen LogP contribution in [0.2, 0.25) is 0 Å². The van der Waals surface area contributed by atoms with Gasteiger partial charge in [0.2, 0.25) is 0 Å². The van der Waals surface area contributed by atoms with Crippen molar-refractivity contribution < 1.29 is 17.9 Å². The minimum absolute atomic E-state index is 0.0665. The topological polar surface area (TPSA) is 83.0 Å². The zero-order valence-corrected chi connectivity index (χ0v) is 17.2. The number of nitrogens with zero attached hydrogens (tertiary/aromatic N) is 7. The lowest BCUT2D eigenvalue weighted by Crippen LogP contribution is -2.13. The molecular formula is C18H16F3N7OS. The third-order valence-electron chi connectivity index (χ3n) is 4.67. The van der Waals surface area contributed by atoms with Crippen LogP contribution in [0.5, 0.6) is 5.75 Å². The van der Waals surface area contributed by atoms with Crippen LogP contribution in [0.15, 0.2) is 34.4 Å². The second-order valence-corrected chi connectivity index (χ2v) is 7.44. The van der Waals surface area contributed by atoms with Crippen molar-refractivity contribution in [1.82, 2.24) is 34.6 Å². The first-order chi connectivity index (χ1) is 14.2. The third kappa shape index (κ3) is 3.26. The van der Waals surface area contributed by atoms with E-state index in [1.54, 1.807) is 32.6 Å². The molecule has 0 aliphatic heterocycles. The molecule has 8 nitrogen and oxygen atoms in total. The Hall–Kier alpha value is -3.15. The van der Waals surface area contributed by atoms with Gasteiger partial charge < -0.3 is 9.30 Å². The molecule has 0 aliphatic rings. The van der Waals surface area contributed by atoms with Crippen LogP contribution in [0.3, 0.4) is 0 Å². The fourth-order valence-electron chi connectivity index (χ4n) is 2.93. The van der Waals surface area contributed by atoms with E-state index < -0.39 is 12.0 Å². The Bertz CT molecular complexity index is 1250. The molecule has 0 fully saturated rings. The number of fused-ring (bicyclic) bond motifs is 1. The number of hydrogen-bond acceptors (Lipinski definition) is 7. The molecule has 3 aromatic heterocycles. The Kier molecular flexibility index (Phi) is 4.88. The lowest BCUT2D eigenvalue weighted by Gasteiger charge is -2.11. The molecule has 4 aromatic rings. The van der Waals surface area contributed by atoms with Crippen molar-refractivity contribution in [2.24, 2.45) is 7.05 Å². The predicted molar refractivity (Wildman–Crippen MR) is 102 cm³/mol. The van der Waals surface area contributed by atoms with E-state index in [0.29, 0.717) is 32.9 Å². The number of methoxy groups -OCH3 is 1. The van der Waals surface area contributed by atoms with Crippen LogP contribution in [-0.2, 0) is 13.2 Å². The lowest BCUT2D eigenvalue weighted by atomic mass is 10.2. The fourth-order valence-corrected chi connectivity index (χ4v) is 3.84. The maximum atomic E-state index is 13.3. The highest BCUT2D eigenvalue weighted by molar-refractivity contribution is 7.99. The van der Waals surface area contributed by atoms with Crippen LogP contribution < -0.4 is 4.74 Å². The molecule has 0 saturated carbocycles. The maximum Gasteiger partial charge on any atom is 0.453 e. The lowest BCUT2D eigenvalue weighted by molar-refractivity contribution is -0.146. The first kappa shape index (κ1) is 20.1. The van der Waals surface area contributed by atoms with Crippen molar-refractivity contribution in [3.63, 3.8) is 0 Å². The number of ether oxygens (including phenoxy) is 1. The van der Waals surface area contributed by atoms with Gasteiger partial charge in [-0.25, -0.2) is 0 Å². The molecule has 0 unspecified atom stereocenters. The monoisotopic (exact) mass is 435 g/mol. The van der Waals surface area contributed by atoms with Crippen LogP contribution >= 0.6 is 11.8 Å². The van der Waals surface area contributed by atoms with Crippen molar-refractivity contribution in [3.8, 4) is 17.1 Å². The number of aryl methyl sites for hydroxylation is 1. The van der Waals surface area contributed by atoms with Crippen LogP contribution in [0, 0.1) is 13.8 Å². The summed E-state index contributed by atoms with van der Waals surface area (Å²) in [5.41, 5.74) is 2.06. The van der Waals surface area contributed by atoms with E-state index in [1.807, 2.05) is 24.3 Å². The SMILES string of the molecule is COc1ccccc1-c1nnc(Sc2nn3c(C(F)(F)F)nnc3c(C)c2C)n1C.